The zero-order valence-corrected chi connectivity index (χ0v) is 20.7. The number of carbonyl (C=O) groups is 1. The van der Waals surface area contributed by atoms with Crippen LogP contribution in [0.4, 0.5) is 4.79 Å². The van der Waals surface area contributed by atoms with E-state index in [2.05, 4.69) is 66.7 Å². The van der Waals surface area contributed by atoms with Crippen molar-refractivity contribution in [1.82, 2.24) is 4.90 Å². The van der Waals surface area contributed by atoms with Gasteiger partial charge < -0.3 is 14.2 Å². The summed E-state index contributed by atoms with van der Waals surface area (Å²) in [7, 11) is 0. The third kappa shape index (κ3) is 4.18. The molecule has 2 unspecified atom stereocenters. The van der Waals surface area contributed by atoms with E-state index in [1.165, 1.54) is 27.8 Å². The summed E-state index contributed by atoms with van der Waals surface area (Å²) < 4.78 is 17.6. The Labute approximate surface area is 212 Å². The van der Waals surface area contributed by atoms with Gasteiger partial charge in [-0.15, -0.1) is 0 Å². The molecule has 2 bridgehead atoms. The Kier molecular flexibility index (Phi) is 6.02. The minimum atomic E-state index is -0.258. The van der Waals surface area contributed by atoms with Crippen molar-refractivity contribution in [2.24, 2.45) is 0 Å². The highest BCUT2D eigenvalue weighted by Crippen LogP contribution is 2.44. The van der Waals surface area contributed by atoms with Gasteiger partial charge in [-0.1, -0.05) is 66.7 Å². The van der Waals surface area contributed by atoms with E-state index >= 15 is 0 Å². The number of hydrogen-bond donors (Lipinski definition) is 0. The summed E-state index contributed by atoms with van der Waals surface area (Å²) in [6.45, 7) is 5.39. The van der Waals surface area contributed by atoms with Gasteiger partial charge in [0.2, 0.25) is 0 Å². The van der Waals surface area contributed by atoms with E-state index in [-0.39, 0.29) is 30.2 Å². The predicted octanol–water partition coefficient (Wildman–Crippen LogP) is 6.28. The Morgan fingerprint density at radius 3 is 2.25 bits per heavy atom. The summed E-state index contributed by atoms with van der Waals surface area (Å²) in [4.78, 5) is 15.3. The molecule has 2 heterocycles. The Hall–Kier alpha value is -3.57. The zero-order valence-electron chi connectivity index (χ0n) is 20.7. The van der Waals surface area contributed by atoms with Crippen molar-refractivity contribution < 1.29 is 19.0 Å². The lowest BCUT2D eigenvalue weighted by Gasteiger charge is -2.44. The largest absolute Gasteiger partial charge is 0.491 e. The molecule has 3 aliphatic rings. The van der Waals surface area contributed by atoms with Crippen molar-refractivity contribution >= 4 is 11.7 Å². The molecule has 0 spiro atoms. The van der Waals surface area contributed by atoms with Gasteiger partial charge >= 0.3 is 6.09 Å². The first-order chi connectivity index (χ1) is 17.6. The average Bonchev–Trinajstić information content (AvgIpc) is 3.20. The molecule has 5 nitrogen and oxygen atoms in total. The fourth-order valence-electron chi connectivity index (χ4n) is 5.78. The highest BCUT2D eigenvalue weighted by atomic mass is 16.6. The van der Waals surface area contributed by atoms with Crippen molar-refractivity contribution in [1.29, 1.82) is 0 Å². The summed E-state index contributed by atoms with van der Waals surface area (Å²) in [6, 6.07) is 24.9. The molecule has 2 aliphatic heterocycles. The number of morpholine rings is 1. The Bertz CT molecular complexity index is 1250. The molecule has 1 amide bonds. The maximum atomic E-state index is 13.4. The molecular weight excluding hydrogens is 450 g/mol. The van der Waals surface area contributed by atoms with Crippen LogP contribution in [-0.2, 0) is 9.47 Å². The Balaban J connectivity index is 1.18. The number of hydrogen-bond acceptors (Lipinski definition) is 4. The summed E-state index contributed by atoms with van der Waals surface area (Å²) >= 11 is 0. The molecule has 3 aromatic rings. The third-order valence-electron chi connectivity index (χ3n) is 7.34. The lowest BCUT2D eigenvalue weighted by Crippen LogP contribution is -2.56. The molecule has 1 aliphatic carbocycles. The van der Waals surface area contributed by atoms with Gasteiger partial charge in [0.05, 0.1) is 31.4 Å². The first-order valence-electron chi connectivity index (χ1n) is 12.8. The maximum Gasteiger partial charge on any atom is 0.410 e. The molecule has 36 heavy (non-hydrogen) atoms. The minimum Gasteiger partial charge on any atom is -0.491 e. The summed E-state index contributed by atoms with van der Waals surface area (Å²) in [5.74, 6) is 0.925. The van der Waals surface area contributed by atoms with E-state index in [0.717, 1.165) is 17.7 Å². The van der Waals surface area contributed by atoms with Gasteiger partial charge in [-0.2, -0.15) is 0 Å². The maximum absolute atomic E-state index is 13.4. The van der Waals surface area contributed by atoms with Gasteiger partial charge in [-0.3, -0.25) is 4.90 Å². The van der Waals surface area contributed by atoms with Crippen LogP contribution in [0.1, 0.15) is 42.9 Å². The van der Waals surface area contributed by atoms with E-state index < -0.39 is 0 Å². The van der Waals surface area contributed by atoms with E-state index in [1.54, 1.807) is 0 Å². The van der Waals surface area contributed by atoms with Crippen molar-refractivity contribution in [2.45, 2.75) is 44.4 Å². The molecule has 1 fully saturated rings. The molecule has 0 saturated carbocycles. The molecule has 0 N–H and O–H groups in total. The molecule has 6 rings (SSSR count). The number of fused-ring (bicyclic) bond motifs is 5. The highest BCUT2D eigenvalue weighted by molar-refractivity contribution is 5.79. The lowest BCUT2D eigenvalue weighted by molar-refractivity contribution is -0.0331. The standard InChI is InChI=1S/C31H31NO4/c1-20(2)36-25-13-11-21(12-14-25)22-15-23-17-34-18-24(16-22)32(23)31(33)35-19-30-28-9-5-3-7-26(28)27-8-4-6-10-29(27)30/h3-15,20,23-24,30H,16-19H2,1-2H3. The topological polar surface area (TPSA) is 48.0 Å². The lowest BCUT2D eigenvalue weighted by atomic mass is 9.90. The molecule has 0 radical (unpaired) electrons. The first kappa shape index (κ1) is 22.9. The molecule has 1 saturated heterocycles. The van der Waals surface area contributed by atoms with Gasteiger partial charge in [0.1, 0.15) is 12.4 Å². The number of rotatable bonds is 5. The van der Waals surface area contributed by atoms with E-state index in [9.17, 15) is 4.79 Å². The van der Waals surface area contributed by atoms with Crippen molar-refractivity contribution in [3.63, 3.8) is 0 Å². The van der Waals surface area contributed by atoms with Gasteiger partial charge in [0, 0.05) is 5.92 Å². The van der Waals surface area contributed by atoms with Crippen LogP contribution in [0.5, 0.6) is 5.75 Å². The smallest absolute Gasteiger partial charge is 0.410 e. The molecule has 0 aromatic heterocycles. The van der Waals surface area contributed by atoms with Crippen LogP contribution in [0.15, 0.2) is 78.9 Å². The number of amides is 1. The second-order valence-corrected chi connectivity index (χ2v) is 10.1. The van der Waals surface area contributed by atoms with E-state index in [4.69, 9.17) is 14.2 Å². The van der Waals surface area contributed by atoms with E-state index in [0.29, 0.717) is 19.8 Å². The molecular formula is C31H31NO4. The monoisotopic (exact) mass is 481 g/mol. The molecule has 2 atom stereocenters. The zero-order chi connectivity index (χ0) is 24.6. The first-order valence-corrected chi connectivity index (χ1v) is 12.8. The summed E-state index contributed by atoms with van der Waals surface area (Å²) in [5, 5.41) is 0. The molecule has 5 heteroatoms. The highest BCUT2D eigenvalue weighted by Gasteiger charge is 2.40. The number of benzene rings is 3. The SMILES string of the molecule is CC(C)Oc1ccc(C2=CC3COCC(C2)N3C(=O)OCC2c3ccccc3-c3ccccc32)cc1. The van der Waals surface area contributed by atoms with Gasteiger partial charge in [-0.25, -0.2) is 4.79 Å². The average molecular weight is 482 g/mol. The second kappa shape index (κ2) is 9.47. The van der Waals surface area contributed by atoms with Crippen molar-refractivity contribution in [3.05, 3.63) is 95.6 Å². The van der Waals surface area contributed by atoms with Crippen LogP contribution in [0.25, 0.3) is 16.7 Å². The van der Waals surface area contributed by atoms with Crippen LogP contribution in [0, 0.1) is 0 Å². The Morgan fingerprint density at radius 1 is 0.944 bits per heavy atom. The van der Waals surface area contributed by atoms with Crippen molar-refractivity contribution in [2.75, 3.05) is 19.8 Å². The van der Waals surface area contributed by atoms with Crippen LogP contribution in [0.2, 0.25) is 0 Å². The van der Waals surface area contributed by atoms with Crippen molar-refractivity contribution in [3.8, 4) is 16.9 Å². The van der Waals surface area contributed by atoms with Crippen LogP contribution in [0.3, 0.4) is 0 Å². The van der Waals surface area contributed by atoms with Gasteiger partial charge in [0.25, 0.3) is 0 Å². The van der Waals surface area contributed by atoms with Crippen LogP contribution in [-0.4, -0.2) is 49.0 Å². The van der Waals surface area contributed by atoms with Crippen LogP contribution < -0.4 is 4.74 Å². The number of nitrogens with zero attached hydrogens (tertiary/aromatic N) is 1. The van der Waals surface area contributed by atoms with Gasteiger partial charge in [0.15, 0.2) is 0 Å². The minimum absolute atomic E-state index is 0.0361. The van der Waals surface area contributed by atoms with Gasteiger partial charge in [-0.05, 0) is 65.8 Å². The fourth-order valence-corrected chi connectivity index (χ4v) is 5.78. The number of carbonyl (C=O) groups excluding carboxylic acids is 1. The normalized spacial score (nSPS) is 20.5. The Morgan fingerprint density at radius 2 is 1.61 bits per heavy atom. The third-order valence-corrected chi connectivity index (χ3v) is 7.34. The summed E-state index contributed by atoms with van der Waals surface area (Å²) in [6.07, 6.45) is 2.79. The fraction of sp³-hybridized carbons (Fsp3) is 0.323. The van der Waals surface area contributed by atoms with E-state index in [1.807, 2.05) is 30.9 Å². The molecule has 3 aromatic carbocycles. The predicted molar refractivity (Wildman–Crippen MR) is 140 cm³/mol. The van der Waals surface area contributed by atoms with Crippen LogP contribution >= 0.6 is 0 Å². The molecule has 184 valence electrons. The summed E-state index contributed by atoms with van der Waals surface area (Å²) in [5.41, 5.74) is 7.31. The quantitative estimate of drug-likeness (QED) is 0.430. The number of ether oxygens (including phenoxy) is 3. The second-order valence-electron chi connectivity index (χ2n) is 10.1.